The van der Waals surface area contributed by atoms with Crippen LogP contribution in [0.2, 0.25) is 0 Å². The molecule has 130 valence electrons. The molecule has 1 heterocycles. The molecule has 0 N–H and O–H groups in total. The first kappa shape index (κ1) is 18.0. The number of hydrogen-bond acceptors (Lipinski definition) is 4. The van der Waals surface area contributed by atoms with E-state index < -0.39 is 0 Å². The highest BCUT2D eigenvalue weighted by atomic mass is 32.2. The van der Waals surface area contributed by atoms with Crippen molar-refractivity contribution in [1.82, 2.24) is 4.90 Å². The van der Waals surface area contributed by atoms with Gasteiger partial charge in [0.05, 0.1) is 23.1 Å². The van der Waals surface area contributed by atoms with Crippen molar-refractivity contribution < 1.29 is 9.59 Å². The summed E-state index contributed by atoms with van der Waals surface area (Å²) < 4.78 is 0. The normalized spacial score (nSPS) is 15.6. The summed E-state index contributed by atoms with van der Waals surface area (Å²) in [7, 11) is 0. The molecule has 2 aromatic rings. The Labute approximate surface area is 157 Å². The molecule has 0 aromatic heterocycles. The zero-order valence-corrected chi connectivity index (χ0v) is 15.7. The number of rotatable bonds is 3. The zero-order valence-electron chi connectivity index (χ0n) is 14.9. The van der Waals surface area contributed by atoms with E-state index in [0.29, 0.717) is 16.0 Å². The summed E-state index contributed by atoms with van der Waals surface area (Å²) in [6.45, 7) is 6.14. The quantitative estimate of drug-likeness (QED) is 0.741. The molecule has 5 heteroatoms. The number of imide groups is 1. The first-order valence-electron chi connectivity index (χ1n) is 8.22. The number of amides is 2. The smallest absolute Gasteiger partial charge is 0.268 e. The Balaban J connectivity index is 1.91. The maximum absolute atomic E-state index is 12.7. The molecule has 0 unspecified atom stereocenters. The molecule has 2 aromatic carbocycles. The molecule has 1 fully saturated rings. The fraction of sp³-hybridized carbons (Fsp3) is 0.190. The summed E-state index contributed by atoms with van der Waals surface area (Å²) in [6.07, 6.45) is 1.80. The van der Waals surface area contributed by atoms with E-state index in [9.17, 15) is 14.9 Å². The van der Waals surface area contributed by atoms with Crippen molar-refractivity contribution in [2.45, 2.75) is 27.3 Å². The van der Waals surface area contributed by atoms with Gasteiger partial charge in [0.15, 0.2) is 0 Å². The van der Waals surface area contributed by atoms with E-state index in [1.54, 1.807) is 30.3 Å². The van der Waals surface area contributed by atoms with Crippen LogP contribution < -0.4 is 0 Å². The fourth-order valence-corrected chi connectivity index (χ4v) is 3.94. The lowest BCUT2D eigenvalue weighted by molar-refractivity contribution is -0.123. The van der Waals surface area contributed by atoms with Gasteiger partial charge >= 0.3 is 0 Å². The molecule has 1 aliphatic rings. The lowest BCUT2D eigenvalue weighted by atomic mass is 9.99. The Bertz CT molecular complexity index is 963. The number of carbonyl (C=O) groups excluding carboxylic acids is 2. The van der Waals surface area contributed by atoms with Gasteiger partial charge in [-0.05, 0) is 66.9 Å². The summed E-state index contributed by atoms with van der Waals surface area (Å²) >= 11 is 0.947. The molecular formula is C21H18N2O2S. The third-order valence-electron chi connectivity index (χ3n) is 4.35. The van der Waals surface area contributed by atoms with Crippen molar-refractivity contribution in [1.29, 1.82) is 5.26 Å². The second-order valence-corrected chi connectivity index (χ2v) is 7.34. The van der Waals surface area contributed by atoms with Gasteiger partial charge in [-0.3, -0.25) is 14.5 Å². The molecular weight excluding hydrogens is 344 g/mol. The van der Waals surface area contributed by atoms with Gasteiger partial charge in [0, 0.05) is 0 Å². The van der Waals surface area contributed by atoms with Gasteiger partial charge in [-0.25, -0.2) is 0 Å². The molecule has 0 atom stereocenters. The van der Waals surface area contributed by atoms with Crippen LogP contribution in [0.25, 0.3) is 6.08 Å². The highest BCUT2D eigenvalue weighted by Gasteiger charge is 2.35. The van der Waals surface area contributed by atoms with E-state index in [1.807, 2.05) is 20.8 Å². The molecule has 0 bridgehead atoms. The van der Waals surface area contributed by atoms with E-state index in [-0.39, 0.29) is 17.7 Å². The summed E-state index contributed by atoms with van der Waals surface area (Å²) in [5.41, 5.74) is 5.42. The van der Waals surface area contributed by atoms with E-state index >= 15 is 0 Å². The SMILES string of the molecule is Cc1cc(C)c(/C=C2/SC(=O)N(Cc3ccccc3C#N)C2=O)c(C)c1. The average molecular weight is 362 g/mol. The Morgan fingerprint density at radius 3 is 2.42 bits per heavy atom. The molecule has 1 saturated heterocycles. The molecule has 26 heavy (non-hydrogen) atoms. The van der Waals surface area contributed by atoms with Crippen LogP contribution in [-0.4, -0.2) is 16.0 Å². The predicted molar refractivity (Wildman–Crippen MR) is 103 cm³/mol. The van der Waals surface area contributed by atoms with Crippen LogP contribution in [0.15, 0.2) is 41.3 Å². The van der Waals surface area contributed by atoms with Crippen LogP contribution in [0, 0.1) is 32.1 Å². The summed E-state index contributed by atoms with van der Waals surface area (Å²) in [5.74, 6) is -0.313. The maximum atomic E-state index is 12.7. The molecule has 3 rings (SSSR count). The maximum Gasteiger partial charge on any atom is 0.293 e. The van der Waals surface area contributed by atoms with E-state index in [1.165, 1.54) is 10.5 Å². The Kier molecular flexibility index (Phi) is 4.97. The minimum Gasteiger partial charge on any atom is -0.268 e. The lowest BCUT2D eigenvalue weighted by Crippen LogP contribution is -2.27. The highest BCUT2D eigenvalue weighted by molar-refractivity contribution is 8.18. The Morgan fingerprint density at radius 1 is 1.12 bits per heavy atom. The number of nitriles is 1. The van der Waals surface area contributed by atoms with Gasteiger partial charge in [-0.15, -0.1) is 0 Å². The molecule has 0 aliphatic carbocycles. The third kappa shape index (κ3) is 3.42. The first-order chi connectivity index (χ1) is 12.4. The predicted octanol–water partition coefficient (Wildman–Crippen LogP) is 4.72. The average Bonchev–Trinajstić information content (AvgIpc) is 2.86. The number of nitrogens with zero attached hydrogens (tertiary/aromatic N) is 2. The van der Waals surface area contributed by atoms with E-state index in [0.717, 1.165) is 28.5 Å². The standard InChI is InChI=1S/C21H18N2O2S/c1-13-8-14(2)18(15(3)9-13)10-19-20(24)23(21(25)26-19)12-17-7-5-4-6-16(17)11-22/h4-10H,12H2,1-3H3/b19-10+. The lowest BCUT2D eigenvalue weighted by Gasteiger charge is -2.13. The minimum atomic E-state index is -0.313. The number of thioether (sulfide) groups is 1. The number of carbonyl (C=O) groups is 2. The van der Waals surface area contributed by atoms with Gasteiger partial charge in [0.2, 0.25) is 0 Å². The van der Waals surface area contributed by atoms with Crippen molar-refractivity contribution >= 4 is 29.0 Å². The first-order valence-corrected chi connectivity index (χ1v) is 9.03. The Hall–Kier alpha value is -2.84. The number of hydrogen-bond donors (Lipinski definition) is 0. The molecule has 0 saturated carbocycles. The zero-order chi connectivity index (χ0) is 18.8. The van der Waals surface area contributed by atoms with Crippen molar-refractivity contribution in [3.63, 3.8) is 0 Å². The van der Waals surface area contributed by atoms with Crippen molar-refractivity contribution in [3.8, 4) is 6.07 Å². The van der Waals surface area contributed by atoms with Crippen LogP contribution in [0.5, 0.6) is 0 Å². The molecule has 0 radical (unpaired) electrons. The van der Waals surface area contributed by atoms with Gasteiger partial charge in [0.25, 0.3) is 11.1 Å². The summed E-state index contributed by atoms with van der Waals surface area (Å²) in [5, 5.41) is 8.89. The molecule has 0 spiro atoms. The van der Waals surface area contributed by atoms with Crippen LogP contribution >= 0.6 is 11.8 Å². The number of aryl methyl sites for hydroxylation is 3. The molecule has 4 nitrogen and oxygen atoms in total. The Morgan fingerprint density at radius 2 is 1.77 bits per heavy atom. The van der Waals surface area contributed by atoms with Crippen molar-refractivity contribution in [2.24, 2.45) is 0 Å². The van der Waals surface area contributed by atoms with Crippen molar-refractivity contribution in [2.75, 3.05) is 0 Å². The second-order valence-electron chi connectivity index (χ2n) is 6.35. The van der Waals surface area contributed by atoms with Crippen molar-refractivity contribution in [3.05, 3.63) is 74.7 Å². The topological polar surface area (TPSA) is 61.2 Å². The third-order valence-corrected chi connectivity index (χ3v) is 5.26. The molecule has 2 amide bonds. The van der Waals surface area contributed by atoms with Crippen LogP contribution in [0.4, 0.5) is 4.79 Å². The van der Waals surface area contributed by atoms with Crippen LogP contribution in [0.1, 0.15) is 33.4 Å². The van der Waals surface area contributed by atoms with Gasteiger partial charge in [-0.2, -0.15) is 5.26 Å². The summed E-state index contributed by atoms with van der Waals surface area (Å²) in [4.78, 5) is 26.7. The van der Waals surface area contributed by atoms with Crippen LogP contribution in [-0.2, 0) is 11.3 Å². The highest BCUT2D eigenvalue weighted by Crippen LogP contribution is 2.34. The fourth-order valence-electron chi connectivity index (χ4n) is 3.12. The van der Waals surface area contributed by atoms with Crippen LogP contribution in [0.3, 0.4) is 0 Å². The monoisotopic (exact) mass is 362 g/mol. The van der Waals surface area contributed by atoms with Gasteiger partial charge in [0.1, 0.15) is 0 Å². The van der Waals surface area contributed by atoms with Gasteiger partial charge in [-0.1, -0.05) is 35.9 Å². The van der Waals surface area contributed by atoms with Gasteiger partial charge < -0.3 is 0 Å². The van der Waals surface area contributed by atoms with E-state index in [4.69, 9.17) is 0 Å². The number of benzene rings is 2. The second kappa shape index (κ2) is 7.19. The summed E-state index contributed by atoms with van der Waals surface area (Å²) in [6, 6.07) is 13.2. The molecule has 1 aliphatic heterocycles. The minimum absolute atomic E-state index is 0.109. The largest absolute Gasteiger partial charge is 0.293 e. The van der Waals surface area contributed by atoms with E-state index in [2.05, 4.69) is 18.2 Å².